The molecular weight excluding hydrogens is 354 g/mol. The molecule has 0 aromatic heterocycles. The van der Waals surface area contributed by atoms with Crippen molar-refractivity contribution in [2.24, 2.45) is 0 Å². The molecule has 1 N–H and O–H groups in total. The van der Waals surface area contributed by atoms with Crippen LogP contribution < -0.4 is 10.2 Å². The Bertz CT molecular complexity index is 696. The second-order valence-electron chi connectivity index (χ2n) is 7.79. The first-order chi connectivity index (χ1) is 12.3. The Kier molecular flexibility index (Phi) is 5.44. The maximum atomic E-state index is 13.0. The molecular formula is C19H26ClN3O3. The van der Waals surface area contributed by atoms with Crippen molar-refractivity contribution in [2.75, 3.05) is 24.5 Å². The van der Waals surface area contributed by atoms with Crippen LogP contribution in [0.5, 0.6) is 0 Å². The van der Waals surface area contributed by atoms with Crippen molar-refractivity contribution in [1.29, 1.82) is 0 Å². The summed E-state index contributed by atoms with van der Waals surface area (Å²) >= 11 is 6.44. The van der Waals surface area contributed by atoms with Crippen LogP contribution in [-0.4, -0.2) is 48.2 Å². The maximum absolute atomic E-state index is 13.0. The Morgan fingerprint density at radius 1 is 1.27 bits per heavy atom. The summed E-state index contributed by atoms with van der Waals surface area (Å²) < 4.78 is 5.51. The number of hydrogen-bond acceptors (Lipinski definition) is 4. The third-order valence-corrected chi connectivity index (χ3v) is 4.88. The van der Waals surface area contributed by atoms with Gasteiger partial charge in [0.05, 0.1) is 23.3 Å². The van der Waals surface area contributed by atoms with E-state index in [1.807, 2.05) is 32.9 Å². The molecule has 0 unspecified atom stereocenters. The molecule has 0 spiro atoms. The second-order valence-corrected chi connectivity index (χ2v) is 8.20. The molecule has 0 radical (unpaired) electrons. The van der Waals surface area contributed by atoms with Gasteiger partial charge < -0.3 is 19.9 Å². The van der Waals surface area contributed by atoms with Crippen LogP contribution in [0.15, 0.2) is 18.2 Å². The van der Waals surface area contributed by atoms with E-state index in [2.05, 4.69) is 5.32 Å². The van der Waals surface area contributed by atoms with E-state index in [1.54, 1.807) is 15.9 Å². The van der Waals surface area contributed by atoms with E-state index >= 15 is 0 Å². The number of halogens is 1. The molecule has 0 saturated carbocycles. The second kappa shape index (κ2) is 7.45. The van der Waals surface area contributed by atoms with Crippen LogP contribution >= 0.6 is 11.6 Å². The Hall–Kier alpha value is -1.79. The normalized spacial score (nSPS) is 20.5. The van der Waals surface area contributed by atoms with E-state index in [0.29, 0.717) is 30.3 Å². The topological polar surface area (TPSA) is 61.9 Å². The zero-order valence-electron chi connectivity index (χ0n) is 15.5. The fourth-order valence-corrected chi connectivity index (χ4v) is 3.69. The van der Waals surface area contributed by atoms with Gasteiger partial charge in [-0.15, -0.1) is 0 Å². The summed E-state index contributed by atoms with van der Waals surface area (Å²) in [6.07, 6.45) is 1.44. The zero-order chi connectivity index (χ0) is 18.9. The summed E-state index contributed by atoms with van der Waals surface area (Å²) in [6, 6.07) is 5.35. The van der Waals surface area contributed by atoms with Crippen molar-refractivity contribution in [3.8, 4) is 0 Å². The first kappa shape index (κ1) is 19.0. The van der Waals surface area contributed by atoms with Crippen molar-refractivity contribution in [2.45, 2.75) is 51.8 Å². The Morgan fingerprint density at radius 2 is 2.04 bits per heavy atom. The van der Waals surface area contributed by atoms with Crippen molar-refractivity contribution >= 4 is 29.3 Å². The molecule has 7 heteroatoms. The third-order valence-electron chi connectivity index (χ3n) is 4.57. The number of amides is 2. The molecule has 1 atom stereocenters. The van der Waals surface area contributed by atoms with Crippen LogP contribution in [0.1, 0.15) is 39.2 Å². The van der Waals surface area contributed by atoms with Gasteiger partial charge in [-0.3, -0.25) is 4.79 Å². The Labute approximate surface area is 159 Å². The average molecular weight is 380 g/mol. The van der Waals surface area contributed by atoms with E-state index in [9.17, 15) is 9.59 Å². The highest BCUT2D eigenvalue weighted by molar-refractivity contribution is 6.34. The first-order valence-corrected chi connectivity index (χ1v) is 9.44. The standard InChI is InChI=1S/C19H26ClN3O3/c1-19(2,3)26-18(25)22-10-11-23(17(24)15-8-5-9-21-15)16-13(12-22)6-4-7-14(16)20/h4,6-7,15,21H,5,8-12H2,1-3H3/t15-/m1/s1. The molecule has 0 bridgehead atoms. The number of ether oxygens (including phenoxy) is 1. The number of nitrogens with one attached hydrogen (secondary N) is 1. The fourth-order valence-electron chi connectivity index (χ4n) is 3.39. The molecule has 3 rings (SSSR count). The molecule has 26 heavy (non-hydrogen) atoms. The van der Waals surface area contributed by atoms with Crippen molar-refractivity contribution in [1.82, 2.24) is 10.2 Å². The largest absolute Gasteiger partial charge is 0.444 e. The summed E-state index contributed by atoms with van der Waals surface area (Å²) in [5.74, 6) is 0.0166. The van der Waals surface area contributed by atoms with Crippen LogP contribution in [0.3, 0.4) is 0 Å². The summed E-state index contributed by atoms with van der Waals surface area (Å²) in [5, 5.41) is 3.78. The molecule has 2 aliphatic rings. The number of carbonyl (C=O) groups is 2. The number of anilines is 1. The molecule has 2 aliphatic heterocycles. The molecule has 2 amide bonds. The maximum Gasteiger partial charge on any atom is 0.410 e. The number of para-hydroxylation sites is 1. The minimum absolute atomic E-state index is 0.0166. The predicted octanol–water partition coefficient (Wildman–Crippen LogP) is 3.18. The van der Waals surface area contributed by atoms with Gasteiger partial charge in [-0.25, -0.2) is 4.79 Å². The third kappa shape index (κ3) is 4.13. The van der Waals surface area contributed by atoms with Crippen LogP contribution in [0, 0.1) is 0 Å². The van der Waals surface area contributed by atoms with Crippen LogP contribution in [0.4, 0.5) is 10.5 Å². The Balaban J connectivity index is 1.88. The van der Waals surface area contributed by atoms with E-state index < -0.39 is 5.60 Å². The number of fused-ring (bicyclic) bond motifs is 1. The lowest BCUT2D eigenvalue weighted by atomic mass is 10.1. The highest BCUT2D eigenvalue weighted by Gasteiger charge is 2.34. The van der Waals surface area contributed by atoms with Crippen molar-refractivity contribution in [3.05, 3.63) is 28.8 Å². The van der Waals surface area contributed by atoms with E-state index in [1.165, 1.54) is 0 Å². The Morgan fingerprint density at radius 3 is 2.69 bits per heavy atom. The smallest absolute Gasteiger partial charge is 0.410 e. The van der Waals surface area contributed by atoms with E-state index in [0.717, 1.165) is 24.9 Å². The first-order valence-electron chi connectivity index (χ1n) is 9.06. The van der Waals surface area contributed by atoms with Crippen molar-refractivity contribution in [3.63, 3.8) is 0 Å². The fraction of sp³-hybridized carbons (Fsp3) is 0.579. The molecule has 142 valence electrons. The molecule has 2 heterocycles. The lowest BCUT2D eigenvalue weighted by molar-refractivity contribution is -0.120. The number of nitrogens with zero attached hydrogens (tertiary/aromatic N) is 2. The summed E-state index contributed by atoms with van der Waals surface area (Å²) in [5.41, 5.74) is 0.996. The number of benzene rings is 1. The predicted molar refractivity (Wildman–Crippen MR) is 101 cm³/mol. The highest BCUT2D eigenvalue weighted by Crippen LogP contribution is 2.34. The number of carbonyl (C=O) groups excluding carboxylic acids is 2. The average Bonchev–Trinajstić information content (AvgIpc) is 3.00. The van der Waals surface area contributed by atoms with Gasteiger partial charge >= 0.3 is 6.09 Å². The van der Waals surface area contributed by atoms with Crippen molar-refractivity contribution < 1.29 is 14.3 Å². The van der Waals surface area contributed by atoms with Gasteiger partial charge in [-0.2, -0.15) is 0 Å². The van der Waals surface area contributed by atoms with E-state index in [-0.39, 0.29) is 18.0 Å². The van der Waals surface area contributed by atoms with Crippen LogP contribution in [0.2, 0.25) is 5.02 Å². The molecule has 1 saturated heterocycles. The summed E-state index contributed by atoms with van der Waals surface area (Å²) in [6.45, 7) is 7.54. The summed E-state index contributed by atoms with van der Waals surface area (Å²) in [4.78, 5) is 29.0. The molecule has 1 aromatic rings. The number of hydrogen-bond donors (Lipinski definition) is 1. The summed E-state index contributed by atoms with van der Waals surface area (Å²) in [7, 11) is 0. The van der Waals surface area contributed by atoms with Gasteiger partial charge in [0, 0.05) is 13.1 Å². The SMILES string of the molecule is CC(C)(C)OC(=O)N1CCN(C(=O)[C@H]2CCCN2)c2c(Cl)cccc2C1. The molecule has 0 aliphatic carbocycles. The lowest BCUT2D eigenvalue weighted by Gasteiger charge is -2.27. The van der Waals surface area contributed by atoms with Gasteiger partial charge in [0.25, 0.3) is 0 Å². The van der Waals surface area contributed by atoms with Gasteiger partial charge in [0.1, 0.15) is 5.60 Å². The van der Waals surface area contributed by atoms with E-state index in [4.69, 9.17) is 16.3 Å². The van der Waals surface area contributed by atoms with Gasteiger partial charge in [0.2, 0.25) is 5.91 Å². The monoisotopic (exact) mass is 379 g/mol. The van der Waals surface area contributed by atoms with Gasteiger partial charge in [0.15, 0.2) is 0 Å². The molecule has 1 aromatic carbocycles. The minimum Gasteiger partial charge on any atom is -0.444 e. The highest BCUT2D eigenvalue weighted by atomic mass is 35.5. The van der Waals surface area contributed by atoms with Gasteiger partial charge in [-0.1, -0.05) is 23.7 Å². The molecule has 6 nitrogen and oxygen atoms in total. The lowest BCUT2D eigenvalue weighted by Crippen LogP contribution is -2.46. The van der Waals surface area contributed by atoms with Crippen LogP contribution in [-0.2, 0) is 16.1 Å². The quantitative estimate of drug-likeness (QED) is 0.814. The van der Waals surface area contributed by atoms with Crippen LogP contribution in [0.25, 0.3) is 0 Å². The molecule has 1 fully saturated rings. The minimum atomic E-state index is -0.566. The van der Waals surface area contributed by atoms with Gasteiger partial charge in [-0.05, 0) is 51.8 Å². The number of rotatable bonds is 1. The zero-order valence-corrected chi connectivity index (χ0v) is 16.3.